The van der Waals surface area contributed by atoms with Crippen LogP contribution in [0.2, 0.25) is 0 Å². The fourth-order valence-corrected chi connectivity index (χ4v) is 2.23. The summed E-state index contributed by atoms with van der Waals surface area (Å²) in [6, 6.07) is 2.34. The molecule has 2 aromatic rings. The van der Waals surface area contributed by atoms with Crippen LogP contribution < -0.4 is 5.32 Å². The van der Waals surface area contributed by atoms with Crippen molar-refractivity contribution in [2.45, 2.75) is 25.8 Å². The van der Waals surface area contributed by atoms with Crippen LogP contribution in [0.3, 0.4) is 0 Å². The van der Waals surface area contributed by atoms with E-state index in [1.165, 1.54) is 5.56 Å². The predicted octanol–water partition coefficient (Wildman–Crippen LogP) is 2.85. The van der Waals surface area contributed by atoms with Crippen LogP contribution in [0.15, 0.2) is 35.3 Å². The van der Waals surface area contributed by atoms with Crippen molar-refractivity contribution in [3.63, 3.8) is 0 Å². The molecular formula is C13H17BrN4. The zero-order valence-corrected chi connectivity index (χ0v) is 11.9. The maximum atomic E-state index is 4.28. The van der Waals surface area contributed by atoms with E-state index in [1.807, 2.05) is 12.4 Å². The Kier molecular flexibility index (Phi) is 4.90. The molecule has 2 heterocycles. The molecule has 0 aliphatic rings. The first kappa shape index (κ1) is 13.2. The molecule has 0 fully saturated rings. The van der Waals surface area contributed by atoms with Gasteiger partial charge in [-0.2, -0.15) is 0 Å². The SMILES string of the molecule is CCCNC(Cc1ncc[nH]1)c1cncc(Br)c1. The van der Waals surface area contributed by atoms with Gasteiger partial charge in [0, 0.05) is 41.7 Å². The van der Waals surface area contributed by atoms with E-state index in [1.54, 1.807) is 12.4 Å². The van der Waals surface area contributed by atoms with Gasteiger partial charge in [0.25, 0.3) is 0 Å². The third-order valence-corrected chi connectivity index (χ3v) is 3.16. The third kappa shape index (κ3) is 3.65. The highest BCUT2D eigenvalue weighted by Crippen LogP contribution is 2.19. The maximum absolute atomic E-state index is 4.28. The number of hydrogen-bond donors (Lipinski definition) is 2. The van der Waals surface area contributed by atoms with E-state index in [2.05, 4.69) is 49.2 Å². The van der Waals surface area contributed by atoms with Crippen molar-refractivity contribution in [1.82, 2.24) is 20.3 Å². The number of H-pyrrole nitrogens is 1. The number of nitrogens with one attached hydrogen (secondary N) is 2. The molecule has 0 aliphatic heterocycles. The summed E-state index contributed by atoms with van der Waals surface area (Å²) in [5.41, 5.74) is 1.18. The van der Waals surface area contributed by atoms with Crippen LogP contribution >= 0.6 is 15.9 Å². The normalized spacial score (nSPS) is 12.6. The smallest absolute Gasteiger partial charge is 0.107 e. The van der Waals surface area contributed by atoms with Gasteiger partial charge >= 0.3 is 0 Å². The van der Waals surface area contributed by atoms with E-state index in [9.17, 15) is 0 Å². The van der Waals surface area contributed by atoms with Crippen molar-refractivity contribution in [3.8, 4) is 0 Å². The molecule has 0 saturated carbocycles. The van der Waals surface area contributed by atoms with Gasteiger partial charge in [0.15, 0.2) is 0 Å². The lowest BCUT2D eigenvalue weighted by molar-refractivity contribution is 0.519. The van der Waals surface area contributed by atoms with Crippen LogP contribution in [0.25, 0.3) is 0 Å². The first-order valence-electron chi connectivity index (χ1n) is 6.11. The molecule has 2 N–H and O–H groups in total. The third-order valence-electron chi connectivity index (χ3n) is 2.72. The molecule has 2 aromatic heterocycles. The molecule has 0 aliphatic carbocycles. The Balaban J connectivity index is 2.13. The van der Waals surface area contributed by atoms with Crippen molar-refractivity contribution in [1.29, 1.82) is 0 Å². The number of nitrogens with zero attached hydrogens (tertiary/aromatic N) is 2. The number of imidazole rings is 1. The topological polar surface area (TPSA) is 53.6 Å². The summed E-state index contributed by atoms with van der Waals surface area (Å²) in [5.74, 6) is 0.989. The molecule has 1 unspecified atom stereocenters. The number of aromatic nitrogens is 3. The molecule has 18 heavy (non-hydrogen) atoms. The number of aromatic amines is 1. The van der Waals surface area contributed by atoms with Crippen molar-refractivity contribution in [2.75, 3.05) is 6.54 Å². The molecule has 96 valence electrons. The van der Waals surface area contributed by atoms with E-state index >= 15 is 0 Å². The summed E-state index contributed by atoms with van der Waals surface area (Å²) in [6.07, 6.45) is 9.28. The second-order valence-corrected chi connectivity index (χ2v) is 5.10. The molecule has 0 saturated heterocycles. The number of hydrogen-bond acceptors (Lipinski definition) is 3. The predicted molar refractivity (Wildman–Crippen MR) is 75.3 cm³/mol. The standard InChI is InChI=1S/C13H17BrN4/c1-2-3-16-12(7-13-17-4-5-18-13)10-6-11(14)9-15-8-10/h4-6,8-9,12,16H,2-3,7H2,1H3,(H,17,18). The van der Waals surface area contributed by atoms with Gasteiger partial charge in [-0.15, -0.1) is 0 Å². The van der Waals surface area contributed by atoms with Crippen LogP contribution in [0.1, 0.15) is 30.8 Å². The van der Waals surface area contributed by atoms with Crippen LogP contribution in [-0.2, 0) is 6.42 Å². The minimum atomic E-state index is 0.237. The zero-order chi connectivity index (χ0) is 12.8. The molecule has 2 rings (SSSR count). The molecule has 0 spiro atoms. The van der Waals surface area contributed by atoms with Crippen LogP contribution in [0.4, 0.5) is 0 Å². The summed E-state index contributed by atoms with van der Waals surface area (Å²) in [4.78, 5) is 11.7. The molecule has 0 bridgehead atoms. The Morgan fingerprint density at radius 1 is 1.44 bits per heavy atom. The fourth-order valence-electron chi connectivity index (χ4n) is 1.85. The molecule has 1 atom stereocenters. The lowest BCUT2D eigenvalue weighted by Gasteiger charge is -2.17. The van der Waals surface area contributed by atoms with E-state index in [0.717, 1.165) is 29.7 Å². The maximum Gasteiger partial charge on any atom is 0.107 e. The Morgan fingerprint density at radius 3 is 3.00 bits per heavy atom. The Bertz CT molecular complexity index is 470. The number of pyridine rings is 1. The van der Waals surface area contributed by atoms with E-state index in [0.29, 0.717) is 0 Å². The van der Waals surface area contributed by atoms with Crippen LogP contribution in [-0.4, -0.2) is 21.5 Å². The summed E-state index contributed by atoms with van der Waals surface area (Å²) in [6.45, 7) is 3.15. The van der Waals surface area contributed by atoms with E-state index < -0.39 is 0 Å². The lowest BCUT2D eigenvalue weighted by atomic mass is 10.1. The largest absolute Gasteiger partial charge is 0.349 e. The average molecular weight is 309 g/mol. The van der Waals surface area contributed by atoms with Gasteiger partial charge in [-0.3, -0.25) is 4.98 Å². The molecule has 0 amide bonds. The first-order valence-corrected chi connectivity index (χ1v) is 6.91. The molecular weight excluding hydrogens is 292 g/mol. The van der Waals surface area contributed by atoms with Crippen molar-refractivity contribution >= 4 is 15.9 Å². The lowest BCUT2D eigenvalue weighted by Crippen LogP contribution is -2.24. The average Bonchev–Trinajstić information content (AvgIpc) is 2.87. The van der Waals surface area contributed by atoms with Gasteiger partial charge in [-0.1, -0.05) is 6.92 Å². The summed E-state index contributed by atoms with van der Waals surface area (Å²) in [5, 5.41) is 3.53. The molecule has 5 heteroatoms. The number of halogens is 1. The minimum absolute atomic E-state index is 0.237. The Labute approximate surface area is 115 Å². The van der Waals surface area contributed by atoms with E-state index in [-0.39, 0.29) is 6.04 Å². The Morgan fingerprint density at radius 2 is 2.33 bits per heavy atom. The molecule has 4 nitrogen and oxygen atoms in total. The zero-order valence-electron chi connectivity index (χ0n) is 10.4. The van der Waals surface area contributed by atoms with Gasteiger partial charge in [-0.05, 0) is 40.5 Å². The minimum Gasteiger partial charge on any atom is -0.349 e. The summed E-state index contributed by atoms with van der Waals surface area (Å²) >= 11 is 3.46. The second kappa shape index (κ2) is 6.66. The van der Waals surface area contributed by atoms with E-state index in [4.69, 9.17) is 0 Å². The van der Waals surface area contributed by atoms with Crippen LogP contribution in [0.5, 0.6) is 0 Å². The fraction of sp³-hybridized carbons (Fsp3) is 0.385. The molecule has 0 radical (unpaired) electrons. The summed E-state index contributed by atoms with van der Waals surface area (Å²) < 4.78 is 1.00. The highest BCUT2D eigenvalue weighted by Gasteiger charge is 2.13. The van der Waals surface area contributed by atoms with Gasteiger partial charge in [0.05, 0.1) is 0 Å². The quantitative estimate of drug-likeness (QED) is 0.863. The summed E-state index contributed by atoms with van der Waals surface area (Å²) in [7, 11) is 0. The van der Waals surface area contributed by atoms with Crippen molar-refractivity contribution in [3.05, 3.63) is 46.7 Å². The first-order chi connectivity index (χ1) is 8.79. The highest BCUT2D eigenvalue weighted by molar-refractivity contribution is 9.10. The monoisotopic (exact) mass is 308 g/mol. The van der Waals surface area contributed by atoms with Gasteiger partial charge in [0.2, 0.25) is 0 Å². The van der Waals surface area contributed by atoms with Crippen molar-refractivity contribution in [2.24, 2.45) is 0 Å². The van der Waals surface area contributed by atoms with Gasteiger partial charge < -0.3 is 10.3 Å². The van der Waals surface area contributed by atoms with Gasteiger partial charge in [0.1, 0.15) is 5.82 Å². The number of rotatable bonds is 6. The van der Waals surface area contributed by atoms with Crippen LogP contribution in [0, 0.1) is 0 Å². The molecule has 0 aromatic carbocycles. The highest BCUT2D eigenvalue weighted by atomic mass is 79.9. The van der Waals surface area contributed by atoms with Crippen molar-refractivity contribution < 1.29 is 0 Å². The van der Waals surface area contributed by atoms with Gasteiger partial charge in [-0.25, -0.2) is 4.98 Å². The second-order valence-electron chi connectivity index (χ2n) is 4.18. The Hall–Kier alpha value is -1.20.